The molecule has 30 heavy (non-hydrogen) atoms. The van der Waals surface area contributed by atoms with E-state index in [0.717, 1.165) is 14.8 Å². The number of amides is 2. The first-order valence-electron chi connectivity index (χ1n) is 9.36. The molecule has 3 rings (SSSR count). The van der Waals surface area contributed by atoms with Gasteiger partial charge in [0.15, 0.2) is 6.61 Å². The smallest absolute Gasteiger partial charge is 0.338 e. The van der Waals surface area contributed by atoms with Gasteiger partial charge in [-0.15, -0.1) is 0 Å². The number of ether oxygens (including phenoxy) is 1. The number of nitrogens with zero attached hydrogens (tertiary/aromatic N) is 2. The lowest BCUT2D eigenvalue weighted by molar-refractivity contribution is -0.143. The number of hydrogen-bond donors (Lipinski definition) is 0. The topological polar surface area (TPSA) is 101 Å². The van der Waals surface area contributed by atoms with E-state index in [1.54, 1.807) is 24.3 Å². The monoisotopic (exact) mass is 430 g/mol. The fourth-order valence-electron chi connectivity index (χ4n) is 3.04. The molecule has 2 aromatic carbocycles. The second-order valence-electron chi connectivity index (χ2n) is 6.95. The van der Waals surface area contributed by atoms with Gasteiger partial charge in [0.2, 0.25) is 5.91 Å². The number of imide groups is 1. The van der Waals surface area contributed by atoms with Gasteiger partial charge in [-0.25, -0.2) is 13.2 Å². The summed E-state index contributed by atoms with van der Waals surface area (Å²) in [5, 5.41) is 0. The Labute approximate surface area is 175 Å². The molecule has 0 aliphatic carbocycles. The lowest BCUT2D eigenvalue weighted by Gasteiger charge is -2.20. The van der Waals surface area contributed by atoms with Crippen LogP contribution >= 0.6 is 0 Å². The molecule has 0 saturated carbocycles. The van der Waals surface area contributed by atoms with Crippen molar-refractivity contribution in [2.45, 2.75) is 24.7 Å². The summed E-state index contributed by atoms with van der Waals surface area (Å²) in [5.74, 6) is -1.72. The fourth-order valence-corrected chi connectivity index (χ4v) is 4.28. The van der Waals surface area contributed by atoms with Gasteiger partial charge in [-0.05, 0) is 43.7 Å². The second-order valence-corrected chi connectivity index (χ2v) is 8.92. The molecular formula is C21H22N2O6S. The van der Waals surface area contributed by atoms with Crippen LogP contribution < -0.4 is 4.31 Å². The predicted octanol–water partition coefficient (Wildman–Crippen LogP) is 2.13. The van der Waals surface area contributed by atoms with Gasteiger partial charge in [0.25, 0.3) is 15.9 Å². The van der Waals surface area contributed by atoms with Crippen molar-refractivity contribution in [2.24, 2.45) is 0 Å². The zero-order valence-corrected chi connectivity index (χ0v) is 17.5. The average molecular weight is 430 g/mol. The van der Waals surface area contributed by atoms with Gasteiger partial charge in [-0.3, -0.25) is 18.8 Å². The fraction of sp³-hybridized carbons (Fsp3) is 0.286. The van der Waals surface area contributed by atoms with Gasteiger partial charge in [-0.2, -0.15) is 0 Å². The van der Waals surface area contributed by atoms with E-state index in [1.807, 2.05) is 6.92 Å². The molecular weight excluding hydrogens is 408 g/mol. The number of hydrogen-bond acceptors (Lipinski definition) is 6. The predicted molar refractivity (Wildman–Crippen MR) is 109 cm³/mol. The first-order chi connectivity index (χ1) is 14.2. The number of anilines is 1. The second kappa shape index (κ2) is 8.66. The van der Waals surface area contributed by atoms with Gasteiger partial charge >= 0.3 is 5.97 Å². The quantitative estimate of drug-likeness (QED) is 0.651. The Morgan fingerprint density at radius 2 is 1.83 bits per heavy atom. The maximum atomic E-state index is 12.9. The molecule has 0 unspecified atom stereocenters. The van der Waals surface area contributed by atoms with E-state index in [0.29, 0.717) is 25.1 Å². The molecule has 9 heteroatoms. The highest BCUT2D eigenvalue weighted by atomic mass is 32.2. The number of aryl methyl sites for hydroxylation is 1. The standard InChI is InChI=1S/C21H22N2O6S/c1-15-8-10-17(11-9-15)22(2)30(27,28)18-6-3-5-16(13-18)21(26)29-14-20(25)23-12-4-7-19(23)24/h3,5-6,8-11,13H,4,7,12,14H2,1-2H3. The van der Waals surface area contributed by atoms with Crippen LogP contribution in [0.3, 0.4) is 0 Å². The van der Waals surface area contributed by atoms with E-state index < -0.39 is 28.5 Å². The van der Waals surface area contributed by atoms with Crippen LogP contribution in [-0.2, 0) is 24.3 Å². The minimum atomic E-state index is -3.91. The molecule has 0 atom stereocenters. The number of esters is 1. The largest absolute Gasteiger partial charge is 0.452 e. The van der Waals surface area contributed by atoms with Crippen LogP contribution in [0.5, 0.6) is 0 Å². The number of likely N-dealkylation sites (tertiary alicyclic amines) is 1. The molecule has 0 spiro atoms. The van der Waals surface area contributed by atoms with Crippen LogP contribution in [0.1, 0.15) is 28.8 Å². The molecule has 8 nitrogen and oxygen atoms in total. The number of sulfonamides is 1. The van der Waals surface area contributed by atoms with Gasteiger partial charge in [0, 0.05) is 20.0 Å². The molecule has 158 valence electrons. The van der Waals surface area contributed by atoms with Crippen molar-refractivity contribution in [3.05, 3.63) is 59.7 Å². The van der Waals surface area contributed by atoms with Crippen molar-refractivity contribution in [3.63, 3.8) is 0 Å². The minimum absolute atomic E-state index is 0.00562. The SMILES string of the molecule is Cc1ccc(N(C)S(=O)(=O)c2cccc(C(=O)OCC(=O)N3CCCC3=O)c2)cc1. The highest BCUT2D eigenvalue weighted by molar-refractivity contribution is 7.92. The van der Waals surface area contributed by atoms with Gasteiger partial charge in [0.1, 0.15) is 0 Å². The minimum Gasteiger partial charge on any atom is -0.452 e. The first-order valence-corrected chi connectivity index (χ1v) is 10.8. The van der Waals surface area contributed by atoms with E-state index in [2.05, 4.69) is 0 Å². The summed E-state index contributed by atoms with van der Waals surface area (Å²) < 4.78 is 32.0. The van der Waals surface area contributed by atoms with E-state index in [-0.39, 0.29) is 16.4 Å². The third-order valence-electron chi connectivity index (χ3n) is 4.83. The van der Waals surface area contributed by atoms with E-state index >= 15 is 0 Å². The maximum absolute atomic E-state index is 12.9. The molecule has 0 bridgehead atoms. The molecule has 1 aliphatic rings. The zero-order valence-electron chi connectivity index (χ0n) is 16.7. The number of carbonyl (C=O) groups excluding carboxylic acids is 3. The third kappa shape index (κ3) is 4.51. The van der Waals surface area contributed by atoms with Crippen LogP contribution in [0.4, 0.5) is 5.69 Å². The van der Waals surface area contributed by atoms with Crippen LogP contribution in [-0.4, -0.2) is 51.3 Å². The van der Waals surface area contributed by atoms with E-state index in [1.165, 1.54) is 31.3 Å². The molecule has 0 aromatic heterocycles. The van der Waals surface area contributed by atoms with Crippen LogP contribution in [0.25, 0.3) is 0 Å². The van der Waals surface area contributed by atoms with Crippen LogP contribution in [0.2, 0.25) is 0 Å². The van der Waals surface area contributed by atoms with Crippen molar-refractivity contribution in [2.75, 3.05) is 24.5 Å². The summed E-state index contributed by atoms with van der Waals surface area (Å²) in [5.41, 5.74) is 1.47. The molecule has 0 radical (unpaired) electrons. The van der Waals surface area contributed by atoms with Crippen molar-refractivity contribution in [1.29, 1.82) is 0 Å². The number of benzene rings is 2. The Hall–Kier alpha value is -3.20. The summed E-state index contributed by atoms with van der Waals surface area (Å²) in [6.45, 7) is 1.64. The summed E-state index contributed by atoms with van der Waals surface area (Å²) in [6, 6.07) is 12.4. The molecule has 1 aliphatic heterocycles. The van der Waals surface area contributed by atoms with Crippen molar-refractivity contribution in [3.8, 4) is 0 Å². The Kier molecular flexibility index (Phi) is 6.21. The molecule has 1 heterocycles. The van der Waals surface area contributed by atoms with Crippen molar-refractivity contribution >= 4 is 33.5 Å². The average Bonchev–Trinajstić information content (AvgIpc) is 3.17. The summed E-state index contributed by atoms with van der Waals surface area (Å²) >= 11 is 0. The lowest BCUT2D eigenvalue weighted by atomic mass is 10.2. The molecule has 2 aromatic rings. The Balaban J connectivity index is 1.73. The van der Waals surface area contributed by atoms with Gasteiger partial charge in [-0.1, -0.05) is 23.8 Å². The Morgan fingerprint density at radius 3 is 2.47 bits per heavy atom. The van der Waals surface area contributed by atoms with Crippen LogP contribution in [0, 0.1) is 6.92 Å². The molecule has 2 amide bonds. The maximum Gasteiger partial charge on any atom is 0.338 e. The van der Waals surface area contributed by atoms with Crippen LogP contribution in [0.15, 0.2) is 53.4 Å². The van der Waals surface area contributed by atoms with E-state index in [4.69, 9.17) is 4.74 Å². The highest BCUT2D eigenvalue weighted by Gasteiger charge is 2.27. The summed E-state index contributed by atoms with van der Waals surface area (Å²) in [7, 11) is -2.48. The Morgan fingerprint density at radius 1 is 1.13 bits per heavy atom. The van der Waals surface area contributed by atoms with Gasteiger partial charge in [0.05, 0.1) is 16.1 Å². The van der Waals surface area contributed by atoms with E-state index in [9.17, 15) is 22.8 Å². The third-order valence-corrected chi connectivity index (χ3v) is 6.61. The van der Waals surface area contributed by atoms with Crippen molar-refractivity contribution in [1.82, 2.24) is 4.90 Å². The highest BCUT2D eigenvalue weighted by Crippen LogP contribution is 2.23. The lowest BCUT2D eigenvalue weighted by Crippen LogP contribution is -2.35. The normalized spacial score (nSPS) is 13.9. The molecule has 1 saturated heterocycles. The Bertz CT molecular complexity index is 1080. The number of carbonyl (C=O) groups is 3. The molecule has 0 N–H and O–H groups in total. The first kappa shape index (κ1) is 21.5. The molecule has 1 fully saturated rings. The summed E-state index contributed by atoms with van der Waals surface area (Å²) in [4.78, 5) is 36.9. The summed E-state index contributed by atoms with van der Waals surface area (Å²) in [6.07, 6.45) is 0.890. The zero-order chi connectivity index (χ0) is 21.9. The number of rotatable bonds is 6. The van der Waals surface area contributed by atoms with Crippen molar-refractivity contribution < 1.29 is 27.5 Å². The van der Waals surface area contributed by atoms with Gasteiger partial charge < -0.3 is 4.74 Å².